The van der Waals surface area contributed by atoms with Crippen LogP contribution in [0.1, 0.15) is 31.9 Å². The van der Waals surface area contributed by atoms with Crippen molar-refractivity contribution in [2.75, 3.05) is 19.6 Å². The minimum Gasteiger partial charge on any atom is -0.302 e. The van der Waals surface area contributed by atoms with Gasteiger partial charge >= 0.3 is 0 Å². The van der Waals surface area contributed by atoms with E-state index in [1.165, 1.54) is 12.1 Å². The molecule has 1 N–H and O–H groups in total. The predicted molar refractivity (Wildman–Crippen MR) is 83.5 cm³/mol. The second-order valence-corrected chi connectivity index (χ2v) is 6.78. The van der Waals surface area contributed by atoms with Crippen LogP contribution in [0.2, 0.25) is 0 Å². The number of hydrogen-bond donors (Lipinski definition) is 1. The number of nitriles is 1. The van der Waals surface area contributed by atoms with Crippen LogP contribution in [0.4, 0.5) is 0 Å². The van der Waals surface area contributed by atoms with Crippen molar-refractivity contribution in [2.24, 2.45) is 0 Å². The first-order valence-corrected chi connectivity index (χ1v) is 8.57. The van der Waals surface area contributed by atoms with Gasteiger partial charge in [0.1, 0.15) is 0 Å². The Labute approximate surface area is 127 Å². The minimum atomic E-state index is -3.56. The van der Waals surface area contributed by atoms with Crippen LogP contribution in [0.3, 0.4) is 0 Å². The summed E-state index contributed by atoms with van der Waals surface area (Å²) in [6.07, 6.45) is 0. The molecule has 116 valence electrons. The minimum absolute atomic E-state index is 0.176. The Kier molecular flexibility index (Phi) is 6.34. The highest BCUT2D eigenvalue weighted by molar-refractivity contribution is 7.89. The molecule has 0 heterocycles. The third kappa shape index (κ3) is 4.81. The molecule has 0 aliphatic rings. The molecule has 0 spiro atoms. The molecule has 0 fully saturated rings. The van der Waals surface area contributed by atoms with E-state index in [1.807, 2.05) is 13.0 Å². The van der Waals surface area contributed by atoms with E-state index < -0.39 is 10.0 Å². The third-order valence-electron chi connectivity index (χ3n) is 3.38. The molecule has 0 radical (unpaired) electrons. The van der Waals surface area contributed by atoms with E-state index in [9.17, 15) is 8.42 Å². The van der Waals surface area contributed by atoms with Crippen molar-refractivity contribution >= 4 is 10.0 Å². The zero-order valence-electron chi connectivity index (χ0n) is 13.0. The monoisotopic (exact) mass is 309 g/mol. The van der Waals surface area contributed by atoms with Gasteiger partial charge < -0.3 is 4.90 Å². The summed E-state index contributed by atoms with van der Waals surface area (Å²) in [4.78, 5) is 2.40. The predicted octanol–water partition coefficient (Wildman–Crippen LogP) is 1.88. The number of nitrogens with one attached hydrogen (secondary N) is 1. The second-order valence-electron chi connectivity index (χ2n) is 5.10. The molecule has 0 aliphatic heterocycles. The summed E-state index contributed by atoms with van der Waals surface area (Å²) in [5.74, 6) is 0. The van der Waals surface area contributed by atoms with Crippen LogP contribution in [0.15, 0.2) is 23.1 Å². The number of rotatable bonds is 7. The molecule has 0 bridgehead atoms. The van der Waals surface area contributed by atoms with Crippen molar-refractivity contribution in [3.8, 4) is 6.07 Å². The zero-order chi connectivity index (χ0) is 16.0. The van der Waals surface area contributed by atoms with E-state index in [1.54, 1.807) is 13.0 Å². The quantitative estimate of drug-likeness (QED) is 0.834. The van der Waals surface area contributed by atoms with Crippen LogP contribution < -0.4 is 4.72 Å². The van der Waals surface area contributed by atoms with E-state index in [0.29, 0.717) is 17.7 Å². The Morgan fingerprint density at radius 3 is 2.43 bits per heavy atom. The molecule has 0 aromatic heterocycles. The Morgan fingerprint density at radius 1 is 1.33 bits per heavy atom. The summed E-state index contributed by atoms with van der Waals surface area (Å²) >= 11 is 0. The van der Waals surface area contributed by atoms with Gasteiger partial charge in [-0.3, -0.25) is 0 Å². The van der Waals surface area contributed by atoms with Crippen molar-refractivity contribution < 1.29 is 8.42 Å². The highest BCUT2D eigenvalue weighted by Gasteiger charge is 2.20. The zero-order valence-corrected chi connectivity index (χ0v) is 13.9. The first-order chi connectivity index (χ1) is 9.83. The summed E-state index contributed by atoms with van der Waals surface area (Å²) in [5, 5.41) is 8.83. The molecule has 1 aromatic carbocycles. The fraction of sp³-hybridized carbons (Fsp3) is 0.533. The Morgan fingerprint density at radius 2 is 1.95 bits per heavy atom. The van der Waals surface area contributed by atoms with Crippen LogP contribution >= 0.6 is 0 Å². The molecule has 0 saturated carbocycles. The summed E-state index contributed by atoms with van der Waals surface area (Å²) in [5.41, 5.74) is 1.04. The number of sulfonamides is 1. The number of nitrogens with zero attached hydrogens (tertiary/aromatic N) is 2. The van der Waals surface area contributed by atoms with Crippen LogP contribution in [0.25, 0.3) is 0 Å². The Bertz CT molecular complexity index is 616. The van der Waals surface area contributed by atoms with Gasteiger partial charge in [0, 0.05) is 12.6 Å². The molecule has 6 heteroatoms. The van der Waals surface area contributed by atoms with Gasteiger partial charge in [-0.25, -0.2) is 13.1 Å². The fourth-order valence-electron chi connectivity index (χ4n) is 2.26. The largest absolute Gasteiger partial charge is 0.302 e. The molecule has 21 heavy (non-hydrogen) atoms. The molecule has 5 nitrogen and oxygen atoms in total. The van der Waals surface area contributed by atoms with Gasteiger partial charge in [0.05, 0.1) is 16.5 Å². The van der Waals surface area contributed by atoms with Crippen LogP contribution in [-0.4, -0.2) is 39.0 Å². The van der Waals surface area contributed by atoms with Crippen molar-refractivity contribution in [1.82, 2.24) is 9.62 Å². The van der Waals surface area contributed by atoms with Gasteiger partial charge in [0.25, 0.3) is 0 Å². The molecule has 0 aliphatic carbocycles. The Balaban J connectivity index is 2.89. The van der Waals surface area contributed by atoms with Crippen molar-refractivity contribution in [3.63, 3.8) is 0 Å². The van der Waals surface area contributed by atoms with Gasteiger partial charge in [0.15, 0.2) is 0 Å². The van der Waals surface area contributed by atoms with E-state index in [2.05, 4.69) is 23.5 Å². The van der Waals surface area contributed by atoms with Crippen molar-refractivity contribution in [1.29, 1.82) is 5.26 Å². The number of hydrogen-bond acceptors (Lipinski definition) is 4. The van der Waals surface area contributed by atoms with Crippen LogP contribution in [-0.2, 0) is 10.0 Å². The van der Waals surface area contributed by atoms with Gasteiger partial charge in [-0.2, -0.15) is 5.26 Å². The topological polar surface area (TPSA) is 73.2 Å². The second kappa shape index (κ2) is 7.55. The number of benzene rings is 1. The molecule has 0 saturated heterocycles. The fourth-order valence-corrected chi connectivity index (χ4v) is 3.72. The van der Waals surface area contributed by atoms with Gasteiger partial charge in [-0.1, -0.05) is 13.8 Å². The van der Waals surface area contributed by atoms with Crippen molar-refractivity contribution in [2.45, 2.75) is 38.6 Å². The first kappa shape index (κ1) is 17.6. The molecule has 1 unspecified atom stereocenters. The summed E-state index contributed by atoms with van der Waals surface area (Å²) in [6, 6.07) is 6.43. The maximum absolute atomic E-state index is 12.4. The highest BCUT2D eigenvalue weighted by Crippen LogP contribution is 2.16. The lowest BCUT2D eigenvalue weighted by molar-refractivity contribution is 0.282. The van der Waals surface area contributed by atoms with Gasteiger partial charge in [0.2, 0.25) is 10.0 Å². The number of aryl methyl sites for hydroxylation is 1. The number of likely N-dealkylation sites (N-methyl/N-ethyl adjacent to an activating group) is 1. The molecule has 1 aromatic rings. The average Bonchev–Trinajstić information content (AvgIpc) is 2.43. The van der Waals surface area contributed by atoms with Crippen LogP contribution in [0, 0.1) is 18.3 Å². The summed E-state index contributed by atoms with van der Waals surface area (Å²) in [6.45, 7) is 10.1. The van der Waals surface area contributed by atoms with Crippen molar-refractivity contribution in [3.05, 3.63) is 29.3 Å². The molecule has 0 amide bonds. The maximum atomic E-state index is 12.4. The Hall–Kier alpha value is -1.42. The highest BCUT2D eigenvalue weighted by atomic mass is 32.2. The lowest BCUT2D eigenvalue weighted by atomic mass is 10.2. The van der Waals surface area contributed by atoms with Crippen LogP contribution in [0.5, 0.6) is 0 Å². The molecular formula is C15H23N3O2S. The average molecular weight is 309 g/mol. The third-order valence-corrected chi connectivity index (χ3v) is 5.13. The lowest BCUT2D eigenvalue weighted by Gasteiger charge is -2.23. The van der Waals surface area contributed by atoms with E-state index in [4.69, 9.17) is 5.26 Å². The van der Waals surface area contributed by atoms with E-state index >= 15 is 0 Å². The van der Waals surface area contributed by atoms with E-state index in [-0.39, 0.29) is 10.9 Å². The van der Waals surface area contributed by atoms with Gasteiger partial charge in [-0.05, 0) is 50.7 Å². The van der Waals surface area contributed by atoms with Gasteiger partial charge in [-0.15, -0.1) is 0 Å². The lowest BCUT2D eigenvalue weighted by Crippen LogP contribution is -2.42. The maximum Gasteiger partial charge on any atom is 0.241 e. The summed E-state index contributed by atoms with van der Waals surface area (Å²) in [7, 11) is -3.56. The summed E-state index contributed by atoms with van der Waals surface area (Å²) < 4.78 is 27.5. The van der Waals surface area contributed by atoms with E-state index in [0.717, 1.165) is 13.1 Å². The normalized spacial score (nSPS) is 13.1. The SMILES string of the molecule is CCN(CC)CC(C)NS(=O)(=O)c1ccc(C#N)cc1C. The molecule has 1 atom stereocenters. The molecular weight excluding hydrogens is 286 g/mol. The smallest absolute Gasteiger partial charge is 0.241 e. The molecule has 1 rings (SSSR count). The first-order valence-electron chi connectivity index (χ1n) is 7.09. The standard InChI is InChI=1S/C15H23N3O2S/c1-5-18(6-2)11-13(4)17-21(19,20)15-8-7-14(10-16)9-12(15)3/h7-9,13,17H,5-6,11H2,1-4H3.